The summed E-state index contributed by atoms with van der Waals surface area (Å²) in [6, 6.07) is 0. The van der Waals surface area contributed by atoms with Crippen LogP contribution < -0.4 is 5.32 Å². The number of nitrogens with zero attached hydrogens (tertiary/aromatic N) is 1. The van der Waals surface area contributed by atoms with Crippen molar-refractivity contribution in [1.82, 2.24) is 10.2 Å². The van der Waals surface area contributed by atoms with E-state index in [4.69, 9.17) is 0 Å². The number of carbonyl (C=O) groups is 3. The van der Waals surface area contributed by atoms with E-state index in [0.717, 1.165) is 50.5 Å². The van der Waals surface area contributed by atoms with Crippen molar-refractivity contribution in [2.24, 2.45) is 50.7 Å². The summed E-state index contributed by atoms with van der Waals surface area (Å²) in [5.41, 5.74) is 1.55. The molecule has 6 rings (SSSR count). The summed E-state index contributed by atoms with van der Waals surface area (Å²) < 4.78 is 0. The molecule has 4 saturated carbocycles. The number of rotatable bonds is 2. The number of amides is 2. The lowest BCUT2D eigenvalue weighted by Crippen LogP contribution is -2.66. The number of aliphatic hydroxyl groups is 1. The fourth-order valence-corrected chi connectivity index (χ4v) is 12.0. The number of carbonyl (C=O) groups excluding carboxylic acids is 3. The first-order valence-electron chi connectivity index (χ1n) is 16.2. The molecule has 2 unspecified atom stereocenters. The molecular weight excluding hydrogens is 500 g/mol. The molecule has 0 aromatic rings. The van der Waals surface area contributed by atoms with Gasteiger partial charge in [0.25, 0.3) is 0 Å². The van der Waals surface area contributed by atoms with Crippen molar-refractivity contribution < 1.29 is 19.5 Å². The van der Waals surface area contributed by atoms with E-state index in [1.54, 1.807) is 4.90 Å². The molecule has 222 valence electrons. The van der Waals surface area contributed by atoms with E-state index in [2.05, 4.69) is 53.8 Å². The highest BCUT2D eigenvalue weighted by molar-refractivity contribution is 6.07. The number of fused-ring (bicyclic) bond motifs is 7. The molecule has 1 saturated heterocycles. The van der Waals surface area contributed by atoms with Crippen molar-refractivity contribution >= 4 is 17.6 Å². The Morgan fingerprint density at radius 1 is 0.925 bits per heavy atom. The molecule has 40 heavy (non-hydrogen) atoms. The number of hydrogen-bond acceptors (Lipinski definition) is 4. The summed E-state index contributed by atoms with van der Waals surface area (Å²) in [6.45, 7) is 17.5. The molecule has 0 aromatic heterocycles. The van der Waals surface area contributed by atoms with Crippen LogP contribution in [0.15, 0.2) is 11.1 Å². The van der Waals surface area contributed by atoms with Gasteiger partial charge in [-0.15, -0.1) is 0 Å². The molecule has 8 atom stereocenters. The SMILES string of the molecule is CC(C)C1=C2[C@H]3CCC4[C@@]5(C)CC[C@H](O)C(C)(C)C5CC[C@@]4(C)[C@]3(C)CC[C@@]2(C(=O)N2CCNC(=O)C2)CC1=O. The van der Waals surface area contributed by atoms with Gasteiger partial charge in [0.1, 0.15) is 0 Å². The molecule has 0 spiro atoms. The van der Waals surface area contributed by atoms with Gasteiger partial charge in [0.2, 0.25) is 11.8 Å². The molecule has 2 N–H and O–H groups in total. The van der Waals surface area contributed by atoms with Crippen molar-refractivity contribution in [3.63, 3.8) is 0 Å². The van der Waals surface area contributed by atoms with Gasteiger partial charge in [-0.1, -0.05) is 48.5 Å². The smallest absolute Gasteiger partial charge is 0.239 e. The molecule has 6 aliphatic rings. The Kier molecular flexibility index (Phi) is 6.33. The highest BCUT2D eigenvalue weighted by Gasteiger charge is 2.71. The predicted molar refractivity (Wildman–Crippen MR) is 155 cm³/mol. The van der Waals surface area contributed by atoms with Crippen LogP contribution in [0.2, 0.25) is 0 Å². The lowest BCUT2D eigenvalue weighted by Gasteiger charge is -2.72. The van der Waals surface area contributed by atoms with Gasteiger partial charge in [-0.3, -0.25) is 14.4 Å². The van der Waals surface area contributed by atoms with E-state index in [9.17, 15) is 19.5 Å². The molecule has 1 heterocycles. The Bertz CT molecular complexity index is 1170. The average molecular weight is 553 g/mol. The van der Waals surface area contributed by atoms with Gasteiger partial charge in [0, 0.05) is 19.5 Å². The van der Waals surface area contributed by atoms with Gasteiger partial charge >= 0.3 is 0 Å². The van der Waals surface area contributed by atoms with Crippen LogP contribution in [0.3, 0.4) is 0 Å². The summed E-state index contributed by atoms with van der Waals surface area (Å²) >= 11 is 0. The fraction of sp³-hybridized carbons (Fsp3) is 0.853. The molecule has 1 aliphatic heterocycles. The summed E-state index contributed by atoms with van der Waals surface area (Å²) in [7, 11) is 0. The van der Waals surface area contributed by atoms with E-state index in [1.165, 1.54) is 5.57 Å². The number of piperazine rings is 1. The molecule has 5 aliphatic carbocycles. The molecule has 0 aromatic carbocycles. The van der Waals surface area contributed by atoms with E-state index in [-0.39, 0.29) is 70.2 Å². The van der Waals surface area contributed by atoms with Gasteiger partial charge in [0.15, 0.2) is 5.78 Å². The summed E-state index contributed by atoms with van der Waals surface area (Å²) in [5, 5.41) is 13.9. The second-order valence-corrected chi connectivity index (χ2v) is 16.2. The Morgan fingerprint density at radius 2 is 1.65 bits per heavy atom. The normalized spacial score (nSPS) is 46.4. The second-order valence-electron chi connectivity index (χ2n) is 16.2. The molecule has 2 amide bonds. The third-order valence-corrected chi connectivity index (χ3v) is 14.1. The quantitative estimate of drug-likeness (QED) is 0.488. The molecule has 0 radical (unpaired) electrons. The first-order chi connectivity index (χ1) is 18.6. The topological polar surface area (TPSA) is 86.7 Å². The molecular formula is C34H52N2O4. The predicted octanol–water partition coefficient (Wildman–Crippen LogP) is 5.29. The maximum Gasteiger partial charge on any atom is 0.239 e. The largest absolute Gasteiger partial charge is 0.393 e. The molecule has 6 heteroatoms. The van der Waals surface area contributed by atoms with E-state index < -0.39 is 5.41 Å². The number of Topliss-reactive ketones (excluding diaryl/α,β-unsaturated/α-hetero) is 1. The van der Waals surface area contributed by atoms with Crippen LogP contribution in [0, 0.1) is 50.7 Å². The summed E-state index contributed by atoms with van der Waals surface area (Å²) in [4.78, 5) is 42.2. The third kappa shape index (κ3) is 3.46. The summed E-state index contributed by atoms with van der Waals surface area (Å²) in [6.07, 6.45) is 8.10. The number of allylic oxidation sites excluding steroid dienone is 1. The highest BCUT2D eigenvalue weighted by Crippen LogP contribution is 2.76. The maximum atomic E-state index is 14.4. The van der Waals surface area contributed by atoms with Crippen LogP contribution in [-0.2, 0) is 14.4 Å². The minimum atomic E-state index is -0.778. The van der Waals surface area contributed by atoms with Crippen molar-refractivity contribution in [3.8, 4) is 0 Å². The molecule has 0 bridgehead atoms. The van der Waals surface area contributed by atoms with Crippen LogP contribution in [-0.4, -0.2) is 53.3 Å². The third-order valence-electron chi connectivity index (χ3n) is 14.1. The number of hydrogen-bond donors (Lipinski definition) is 2. The maximum absolute atomic E-state index is 14.4. The van der Waals surface area contributed by atoms with Crippen LogP contribution >= 0.6 is 0 Å². The zero-order chi connectivity index (χ0) is 29.0. The van der Waals surface area contributed by atoms with Crippen LogP contribution in [0.25, 0.3) is 0 Å². The minimum Gasteiger partial charge on any atom is -0.393 e. The Balaban J connectivity index is 1.43. The van der Waals surface area contributed by atoms with Crippen LogP contribution in [0.5, 0.6) is 0 Å². The van der Waals surface area contributed by atoms with Crippen molar-refractivity contribution in [3.05, 3.63) is 11.1 Å². The number of aliphatic hydroxyl groups excluding tert-OH is 1. The number of ketones is 1. The van der Waals surface area contributed by atoms with E-state index in [0.29, 0.717) is 31.3 Å². The zero-order valence-electron chi connectivity index (χ0n) is 26.0. The zero-order valence-corrected chi connectivity index (χ0v) is 26.0. The molecule has 6 nitrogen and oxygen atoms in total. The first kappa shape index (κ1) is 28.4. The molecule has 5 fully saturated rings. The monoisotopic (exact) mass is 552 g/mol. The van der Waals surface area contributed by atoms with Gasteiger partial charge in [-0.2, -0.15) is 0 Å². The van der Waals surface area contributed by atoms with Crippen LogP contribution in [0.1, 0.15) is 106 Å². The minimum absolute atomic E-state index is 0.00719. The van der Waals surface area contributed by atoms with Crippen molar-refractivity contribution in [2.75, 3.05) is 19.6 Å². The average Bonchev–Trinajstić information content (AvgIpc) is 3.19. The van der Waals surface area contributed by atoms with E-state index >= 15 is 0 Å². The number of nitrogens with one attached hydrogen (secondary N) is 1. The van der Waals surface area contributed by atoms with Crippen LogP contribution in [0.4, 0.5) is 0 Å². The summed E-state index contributed by atoms with van der Waals surface area (Å²) in [5.74, 6) is 1.47. The van der Waals surface area contributed by atoms with Gasteiger partial charge in [-0.25, -0.2) is 0 Å². The standard InChI is InChI=1S/C34H52N2O4/c1-20(2)27-22(37)18-34(29(40)36-17-16-35-26(39)19-36)15-14-32(6)21(28(27)34)8-9-24-31(5)12-11-25(38)30(3,4)23(31)10-13-33(24,32)7/h20-21,23-25,38H,8-19H2,1-7H3,(H,35,39)/t21-,23?,24?,25+,31+,32-,33-,34-/m1/s1. The lowest BCUT2D eigenvalue weighted by atomic mass is 9.33. The fourth-order valence-electron chi connectivity index (χ4n) is 12.0. The van der Waals surface area contributed by atoms with Crippen molar-refractivity contribution in [2.45, 2.75) is 112 Å². The van der Waals surface area contributed by atoms with Gasteiger partial charge in [0.05, 0.1) is 18.1 Å². The van der Waals surface area contributed by atoms with Crippen molar-refractivity contribution in [1.29, 1.82) is 0 Å². The highest BCUT2D eigenvalue weighted by atomic mass is 16.3. The Labute approximate surface area is 241 Å². The lowest BCUT2D eigenvalue weighted by molar-refractivity contribution is -0.228. The van der Waals surface area contributed by atoms with E-state index in [1.807, 2.05) is 0 Å². The van der Waals surface area contributed by atoms with Gasteiger partial charge < -0.3 is 15.3 Å². The Hall–Kier alpha value is -1.69. The first-order valence-corrected chi connectivity index (χ1v) is 16.2. The second kappa shape index (κ2) is 8.91. The van der Waals surface area contributed by atoms with Gasteiger partial charge in [-0.05, 0) is 108 Å². The Morgan fingerprint density at radius 3 is 2.33 bits per heavy atom.